The molecule has 1 amide bonds. The Balaban J connectivity index is 2.03. The minimum absolute atomic E-state index is 0.0479. The van der Waals surface area contributed by atoms with Crippen molar-refractivity contribution < 1.29 is 44.9 Å². The third kappa shape index (κ3) is 6.43. The van der Waals surface area contributed by atoms with Crippen molar-refractivity contribution in [3.63, 3.8) is 0 Å². The molecular formula is C20H31NO9. The molecule has 10 nitrogen and oxygen atoms in total. The number of benzene rings is 1. The molecule has 2 rings (SSSR count). The third-order valence-electron chi connectivity index (χ3n) is 5.07. The first kappa shape index (κ1) is 24.6. The van der Waals surface area contributed by atoms with Crippen LogP contribution in [-0.2, 0) is 20.7 Å². The van der Waals surface area contributed by atoms with Crippen molar-refractivity contribution >= 4 is 5.91 Å². The van der Waals surface area contributed by atoms with Crippen molar-refractivity contribution in [1.29, 1.82) is 0 Å². The van der Waals surface area contributed by atoms with E-state index in [0.717, 1.165) is 5.56 Å². The van der Waals surface area contributed by atoms with Crippen molar-refractivity contribution in [2.45, 2.75) is 68.7 Å². The number of carbonyl (C=O) groups excluding carboxylic acids is 1. The Kier molecular flexibility index (Phi) is 9.59. The quantitative estimate of drug-likeness (QED) is 0.215. The van der Waals surface area contributed by atoms with Crippen LogP contribution in [0.4, 0.5) is 0 Å². The van der Waals surface area contributed by atoms with Crippen LogP contribution in [0.2, 0.25) is 0 Å². The van der Waals surface area contributed by atoms with E-state index < -0.39 is 61.5 Å². The summed E-state index contributed by atoms with van der Waals surface area (Å²) in [5, 5.41) is 62.0. The van der Waals surface area contributed by atoms with Gasteiger partial charge in [0.05, 0.1) is 31.8 Å². The highest BCUT2D eigenvalue weighted by molar-refractivity contribution is 5.78. The van der Waals surface area contributed by atoms with E-state index in [-0.39, 0.29) is 19.4 Å². The Labute approximate surface area is 174 Å². The zero-order valence-corrected chi connectivity index (χ0v) is 16.7. The van der Waals surface area contributed by atoms with Crippen LogP contribution in [0.15, 0.2) is 30.3 Å². The lowest BCUT2D eigenvalue weighted by atomic mass is 9.99. The van der Waals surface area contributed by atoms with Crippen molar-refractivity contribution in [2.75, 3.05) is 13.2 Å². The number of hydrogen-bond donors (Lipinski definition) is 7. The van der Waals surface area contributed by atoms with Crippen molar-refractivity contribution in [2.24, 2.45) is 0 Å². The summed E-state index contributed by atoms with van der Waals surface area (Å²) in [5.74, 6) is -0.411. The lowest BCUT2D eigenvalue weighted by Gasteiger charge is -2.40. The Bertz CT molecular complexity index is 644. The van der Waals surface area contributed by atoms with Gasteiger partial charge in [-0.25, -0.2) is 0 Å². The molecule has 0 bridgehead atoms. The average molecular weight is 429 g/mol. The fraction of sp³-hybridized carbons (Fsp3) is 0.650. The van der Waals surface area contributed by atoms with Gasteiger partial charge in [0, 0.05) is 0 Å². The minimum atomic E-state index is -1.61. The Morgan fingerprint density at radius 2 is 1.80 bits per heavy atom. The molecule has 2 unspecified atom stereocenters. The van der Waals surface area contributed by atoms with Gasteiger partial charge in [-0.3, -0.25) is 4.79 Å². The van der Waals surface area contributed by atoms with Crippen LogP contribution in [0, 0.1) is 0 Å². The van der Waals surface area contributed by atoms with Gasteiger partial charge in [0.25, 0.3) is 0 Å². The molecule has 1 aliphatic rings. The summed E-state index contributed by atoms with van der Waals surface area (Å²) in [6.45, 7) is 0.690. The monoisotopic (exact) mass is 429 g/mol. The van der Waals surface area contributed by atoms with Crippen molar-refractivity contribution in [3.05, 3.63) is 35.9 Å². The third-order valence-corrected chi connectivity index (χ3v) is 5.07. The maximum Gasteiger partial charge on any atom is 0.224 e. The van der Waals surface area contributed by atoms with Crippen LogP contribution in [0.3, 0.4) is 0 Å². The summed E-state index contributed by atoms with van der Waals surface area (Å²) in [6.07, 6.45) is -9.54. The highest BCUT2D eigenvalue weighted by Gasteiger charge is 2.44. The van der Waals surface area contributed by atoms with E-state index in [2.05, 4.69) is 5.32 Å². The van der Waals surface area contributed by atoms with Crippen LogP contribution in [0.25, 0.3) is 0 Å². The second-order valence-corrected chi connectivity index (χ2v) is 7.33. The maximum absolute atomic E-state index is 12.4. The molecule has 1 aliphatic heterocycles. The number of aliphatic hydroxyl groups excluding tert-OH is 6. The highest BCUT2D eigenvalue weighted by atomic mass is 16.7. The van der Waals surface area contributed by atoms with Gasteiger partial charge in [0.15, 0.2) is 6.29 Å². The molecule has 0 aliphatic carbocycles. The molecule has 10 heteroatoms. The molecule has 30 heavy (non-hydrogen) atoms. The molecule has 0 spiro atoms. The molecule has 7 N–H and O–H groups in total. The largest absolute Gasteiger partial charge is 0.394 e. The van der Waals surface area contributed by atoms with Crippen LogP contribution in [0.5, 0.6) is 0 Å². The van der Waals surface area contributed by atoms with E-state index in [1.165, 1.54) is 0 Å². The van der Waals surface area contributed by atoms with E-state index in [1.54, 1.807) is 31.2 Å². The normalized spacial score (nSPS) is 29.8. The molecule has 8 atom stereocenters. The van der Waals surface area contributed by atoms with Gasteiger partial charge in [-0.05, 0) is 12.0 Å². The smallest absolute Gasteiger partial charge is 0.224 e. The summed E-state index contributed by atoms with van der Waals surface area (Å²) < 4.78 is 10.7. The molecule has 1 saturated heterocycles. The summed E-state index contributed by atoms with van der Waals surface area (Å²) in [7, 11) is 0. The lowest BCUT2D eigenvalue weighted by molar-refractivity contribution is -0.303. The van der Waals surface area contributed by atoms with E-state index in [9.17, 15) is 35.4 Å². The minimum Gasteiger partial charge on any atom is -0.394 e. The first-order valence-corrected chi connectivity index (χ1v) is 9.90. The molecule has 1 aromatic carbocycles. The van der Waals surface area contributed by atoms with Crippen molar-refractivity contribution in [3.8, 4) is 0 Å². The van der Waals surface area contributed by atoms with Gasteiger partial charge < -0.3 is 45.4 Å². The molecule has 0 radical (unpaired) electrons. The van der Waals surface area contributed by atoms with Gasteiger partial charge in [-0.15, -0.1) is 0 Å². The number of rotatable bonds is 10. The fourth-order valence-corrected chi connectivity index (χ4v) is 3.18. The number of aliphatic hydroxyl groups is 6. The standard InChI is InChI=1S/C20H31NO9/c1-2-13(23)16(25)12(21-15(24)8-11-6-4-3-5-7-11)10-29-20-19(28)18(27)17(26)14(9-22)30-20/h3-7,12-14,16-20,22-23,25-28H,2,8-10H2,1H3,(H,21,24)/t12-,13+,14?,16-,17+,18-,19?,20-/m0/s1. The second kappa shape index (κ2) is 11.7. The molecule has 0 saturated carbocycles. The first-order chi connectivity index (χ1) is 14.3. The average Bonchev–Trinajstić information content (AvgIpc) is 2.75. The number of hydrogen-bond acceptors (Lipinski definition) is 9. The predicted molar refractivity (Wildman–Crippen MR) is 104 cm³/mol. The zero-order valence-electron chi connectivity index (χ0n) is 16.7. The Morgan fingerprint density at radius 3 is 2.40 bits per heavy atom. The van der Waals surface area contributed by atoms with Gasteiger partial charge >= 0.3 is 0 Å². The van der Waals surface area contributed by atoms with Crippen LogP contribution in [-0.4, -0.2) is 98.7 Å². The lowest BCUT2D eigenvalue weighted by Crippen LogP contribution is -2.60. The van der Waals surface area contributed by atoms with Crippen molar-refractivity contribution in [1.82, 2.24) is 5.32 Å². The van der Waals surface area contributed by atoms with Gasteiger partial charge in [0.2, 0.25) is 5.91 Å². The van der Waals surface area contributed by atoms with E-state index in [1.807, 2.05) is 6.07 Å². The van der Waals surface area contributed by atoms with E-state index >= 15 is 0 Å². The van der Waals surface area contributed by atoms with Crippen LogP contribution >= 0.6 is 0 Å². The summed E-state index contributed by atoms with van der Waals surface area (Å²) in [5.41, 5.74) is 0.758. The molecule has 0 aromatic heterocycles. The highest BCUT2D eigenvalue weighted by Crippen LogP contribution is 2.22. The fourth-order valence-electron chi connectivity index (χ4n) is 3.18. The first-order valence-electron chi connectivity index (χ1n) is 9.90. The summed E-state index contributed by atoms with van der Waals surface area (Å²) in [6, 6.07) is 7.91. The van der Waals surface area contributed by atoms with E-state index in [4.69, 9.17) is 9.47 Å². The Morgan fingerprint density at radius 1 is 1.13 bits per heavy atom. The second-order valence-electron chi connectivity index (χ2n) is 7.33. The van der Waals surface area contributed by atoms with Gasteiger partial charge in [0.1, 0.15) is 30.5 Å². The van der Waals surface area contributed by atoms with Crippen LogP contribution < -0.4 is 5.32 Å². The predicted octanol–water partition coefficient (Wildman–Crippen LogP) is -2.34. The number of carbonyl (C=O) groups is 1. The summed E-state index contributed by atoms with van der Waals surface area (Å²) >= 11 is 0. The molecule has 1 fully saturated rings. The molecule has 1 aromatic rings. The number of ether oxygens (including phenoxy) is 2. The van der Waals surface area contributed by atoms with E-state index in [0.29, 0.717) is 0 Å². The SMILES string of the molecule is CC[C@@H](O)[C@@H](O)[C@H](CO[C@H]1OC(CO)[C@@H](O)[C@H](O)C1O)NC(=O)Cc1ccccc1. The maximum atomic E-state index is 12.4. The Hall–Kier alpha value is -1.63. The zero-order chi connectivity index (χ0) is 22.3. The molecular weight excluding hydrogens is 398 g/mol. The van der Waals surface area contributed by atoms with Gasteiger partial charge in [-0.2, -0.15) is 0 Å². The molecule has 170 valence electrons. The topological polar surface area (TPSA) is 169 Å². The summed E-state index contributed by atoms with van der Waals surface area (Å²) in [4.78, 5) is 12.4. The number of nitrogens with one attached hydrogen (secondary N) is 1. The molecule has 1 heterocycles. The van der Waals surface area contributed by atoms with Gasteiger partial charge in [-0.1, -0.05) is 37.3 Å². The van der Waals surface area contributed by atoms with Crippen LogP contribution in [0.1, 0.15) is 18.9 Å². The number of amides is 1.